The lowest BCUT2D eigenvalue weighted by Crippen LogP contribution is -1.96. The van der Waals surface area contributed by atoms with Gasteiger partial charge in [0, 0.05) is 9.79 Å². The number of hydrogen-bond donors (Lipinski definition) is 0. The average molecular weight is 272 g/mol. The fourth-order valence-corrected chi connectivity index (χ4v) is 3.68. The second-order valence-corrected chi connectivity index (χ2v) is 5.86. The van der Waals surface area contributed by atoms with Crippen molar-refractivity contribution in [3.05, 3.63) is 59.2 Å². The first-order chi connectivity index (χ1) is 8.78. The quantitative estimate of drug-likeness (QED) is 0.657. The highest BCUT2D eigenvalue weighted by Crippen LogP contribution is 2.43. The van der Waals surface area contributed by atoms with Gasteiger partial charge in [-0.05, 0) is 41.8 Å². The Morgan fingerprint density at radius 2 is 2.00 bits per heavy atom. The van der Waals surface area contributed by atoms with Gasteiger partial charge < -0.3 is 0 Å². The minimum Gasteiger partial charge on any atom is -0.192 e. The standard InChI is InChI=1S/C15H10ClNS/c16-13-8-11-3-1-2-4-14(11)18-15-6-5-10(9-17)7-12(13)15/h1-7,13H,8H2. The molecule has 0 spiro atoms. The van der Waals surface area contributed by atoms with Crippen LogP contribution in [0.3, 0.4) is 0 Å². The van der Waals surface area contributed by atoms with E-state index >= 15 is 0 Å². The van der Waals surface area contributed by atoms with Crippen molar-refractivity contribution >= 4 is 23.4 Å². The summed E-state index contributed by atoms with van der Waals surface area (Å²) in [5.41, 5.74) is 3.01. The molecule has 88 valence electrons. The van der Waals surface area contributed by atoms with Gasteiger partial charge in [-0.2, -0.15) is 5.26 Å². The largest absolute Gasteiger partial charge is 0.192 e. The van der Waals surface area contributed by atoms with Crippen LogP contribution >= 0.6 is 23.4 Å². The molecule has 0 saturated carbocycles. The zero-order valence-electron chi connectivity index (χ0n) is 9.56. The summed E-state index contributed by atoms with van der Waals surface area (Å²) in [6, 6.07) is 16.3. The Hall–Kier alpha value is -1.43. The van der Waals surface area contributed by atoms with Gasteiger partial charge in [0.05, 0.1) is 17.0 Å². The van der Waals surface area contributed by atoms with Gasteiger partial charge in [-0.1, -0.05) is 30.0 Å². The summed E-state index contributed by atoms with van der Waals surface area (Å²) in [5, 5.41) is 8.90. The van der Waals surface area contributed by atoms with Gasteiger partial charge >= 0.3 is 0 Å². The van der Waals surface area contributed by atoms with Crippen molar-refractivity contribution in [2.45, 2.75) is 21.6 Å². The van der Waals surface area contributed by atoms with Crippen molar-refractivity contribution in [3.8, 4) is 6.07 Å². The lowest BCUT2D eigenvalue weighted by atomic mass is 10.0. The van der Waals surface area contributed by atoms with Gasteiger partial charge in [0.15, 0.2) is 0 Å². The number of rotatable bonds is 0. The van der Waals surface area contributed by atoms with Crippen LogP contribution in [0.4, 0.5) is 0 Å². The number of alkyl halides is 1. The third kappa shape index (κ3) is 2.01. The average Bonchev–Trinajstić information content (AvgIpc) is 2.54. The number of halogens is 1. The molecule has 0 N–H and O–H groups in total. The fourth-order valence-electron chi connectivity index (χ4n) is 2.15. The molecule has 1 aliphatic heterocycles. The summed E-state index contributed by atoms with van der Waals surface area (Å²) in [5.74, 6) is 0. The summed E-state index contributed by atoms with van der Waals surface area (Å²) in [7, 11) is 0. The number of hydrogen-bond acceptors (Lipinski definition) is 2. The van der Waals surface area contributed by atoms with Gasteiger partial charge in [-0.15, -0.1) is 11.6 Å². The van der Waals surface area contributed by atoms with Crippen LogP contribution in [-0.2, 0) is 6.42 Å². The Morgan fingerprint density at radius 3 is 2.83 bits per heavy atom. The Morgan fingerprint density at radius 1 is 1.17 bits per heavy atom. The van der Waals surface area contributed by atoms with E-state index in [4.69, 9.17) is 16.9 Å². The molecule has 0 saturated heterocycles. The number of benzene rings is 2. The Kier molecular flexibility index (Phi) is 3.03. The maximum Gasteiger partial charge on any atom is 0.0991 e. The minimum absolute atomic E-state index is 0.0653. The third-order valence-electron chi connectivity index (χ3n) is 3.07. The predicted octanol–water partition coefficient (Wildman–Crippen LogP) is 4.55. The molecule has 0 fully saturated rings. The van der Waals surface area contributed by atoms with Crippen molar-refractivity contribution in [1.82, 2.24) is 0 Å². The van der Waals surface area contributed by atoms with E-state index in [0.717, 1.165) is 16.9 Å². The van der Waals surface area contributed by atoms with E-state index in [0.29, 0.717) is 5.56 Å². The van der Waals surface area contributed by atoms with Gasteiger partial charge in [-0.25, -0.2) is 0 Å². The van der Waals surface area contributed by atoms with Crippen LogP contribution in [0.15, 0.2) is 52.3 Å². The molecule has 3 heteroatoms. The van der Waals surface area contributed by atoms with E-state index in [9.17, 15) is 0 Å². The van der Waals surface area contributed by atoms with Crippen molar-refractivity contribution in [2.24, 2.45) is 0 Å². The molecule has 1 atom stereocenters. The summed E-state index contributed by atoms with van der Waals surface area (Å²) < 4.78 is 0. The molecule has 0 radical (unpaired) electrons. The fraction of sp³-hybridized carbons (Fsp3) is 0.133. The SMILES string of the molecule is N#Cc1ccc2c(c1)C(Cl)Cc1ccccc1S2. The minimum atomic E-state index is -0.0653. The number of fused-ring (bicyclic) bond motifs is 2. The summed E-state index contributed by atoms with van der Waals surface area (Å²) in [6.07, 6.45) is 0.812. The van der Waals surface area contributed by atoms with Gasteiger partial charge in [0.25, 0.3) is 0 Å². The summed E-state index contributed by atoms with van der Waals surface area (Å²) in [6.45, 7) is 0. The molecule has 0 aliphatic carbocycles. The predicted molar refractivity (Wildman–Crippen MR) is 74.0 cm³/mol. The molecule has 0 bridgehead atoms. The third-order valence-corrected chi connectivity index (χ3v) is 4.67. The normalized spacial score (nSPS) is 17.2. The molecular weight excluding hydrogens is 262 g/mol. The van der Waals surface area contributed by atoms with Gasteiger partial charge in [0.1, 0.15) is 0 Å². The van der Waals surface area contributed by atoms with E-state index < -0.39 is 0 Å². The summed E-state index contributed by atoms with van der Waals surface area (Å²) in [4.78, 5) is 2.41. The smallest absolute Gasteiger partial charge is 0.0991 e. The Balaban J connectivity index is 2.13. The monoisotopic (exact) mass is 271 g/mol. The topological polar surface area (TPSA) is 23.8 Å². The van der Waals surface area contributed by atoms with Crippen LogP contribution in [0.25, 0.3) is 0 Å². The maximum absolute atomic E-state index is 8.97. The second kappa shape index (κ2) is 4.68. The molecule has 3 rings (SSSR count). The molecule has 0 amide bonds. The molecule has 1 unspecified atom stereocenters. The van der Waals surface area contributed by atoms with E-state index in [1.807, 2.05) is 30.3 Å². The second-order valence-electron chi connectivity index (χ2n) is 4.25. The first-order valence-electron chi connectivity index (χ1n) is 5.72. The highest BCUT2D eigenvalue weighted by atomic mass is 35.5. The van der Waals surface area contributed by atoms with Gasteiger partial charge in [0.2, 0.25) is 0 Å². The first-order valence-corrected chi connectivity index (χ1v) is 6.97. The molecule has 2 aromatic rings. The molecule has 18 heavy (non-hydrogen) atoms. The van der Waals surface area contributed by atoms with Crippen LogP contribution in [0.1, 0.15) is 22.1 Å². The molecular formula is C15H10ClNS. The van der Waals surface area contributed by atoms with Crippen LogP contribution in [-0.4, -0.2) is 0 Å². The van der Waals surface area contributed by atoms with E-state index in [2.05, 4.69) is 18.2 Å². The van der Waals surface area contributed by atoms with Crippen molar-refractivity contribution in [2.75, 3.05) is 0 Å². The zero-order valence-corrected chi connectivity index (χ0v) is 11.1. The lowest BCUT2D eigenvalue weighted by Gasteiger charge is -2.09. The van der Waals surface area contributed by atoms with Crippen LogP contribution in [0.5, 0.6) is 0 Å². The first kappa shape index (κ1) is 11.6. The van der Waals surface area contributed by atoms with Crippen molar-refractivity contribution in [3.63, 3.8) is 0 Å². The number of nitriles is 1. The maximum atomic E-state index is 8.97. The molecule has 1 heterocycles. The Bertz CT molecular complexity index is 645. The highest BCUT2D eigenvalue weighted by Gasteiger charge is 2.21. The van der Waals surface area contributed by atoms with E-state index in [1.54, 1.807) is 11.8 Å². The number of nitrogens with zero attached hydrogens (tertiary/aromatic N) is 1. The molecule has 0 aromatic heterocycles. The molecule has 1 aliphatic rings. The molecule has 1 nitrogen and oxygen atoms in total. The van der Waals surface area contributed by atoms with Gasteiger partial charge in [-0.3, -0.25) is 0 Å². The highest BCUT2D eigenvalue weighted by molar-refractivity contribution is 7.99. The van der Waals surface area contributed by atoms with Crippen molar-refractivity contribution < 1.29 is 0 Å². The summed E-state index contributed by atoms with van der Waals surface area (Å²) >= 11 is 8.22. The Labute approximate surface area is 115 Å². The van der Waals surface area contributed by atoms with Crippen LogP contribution in [0.2, 0.25) is 0 Å². The van der Waals surface area contributed by atoms with Crippen LogP contribution in [0, 0.1) is 11.3 Å². The zero-order chi connectivity index (χ0) is 12.5. The van der Waals surface area contributed by atoms with E-state index in [-0.39, 0.29) is 5.38 Å². The molecule has 2 aromatic carbocycles. The van der Waals surface area contributed by atoms with Crippen molar-refractivity contribution in [1.29, 1.82) is 5.26 Å². The lowest BCUT2D eigenvalue weighted by molar-refractivity contribution is 0.890. The van der Waals surface area contributed by atoms with E-state index in [1.165, 1.54) is 10.5 Å². The van der Waals surface area contributed by atoms with Crippen LogP contribution < -0.4 is 0 Å².